The van der Waals surface area contributed by atoms with Gasteiger partial charge in [-0.05, 0) is 48.2 Å². The average molecular weight is 634 g/mol. The highest BCUT2D eigenvalue weighted by atomic mass is 16.7. The van der Waals surface area contributed by atoms with Gasteiger partial charge in [0, 0.05) is 12.6 Å². The molecule has 1 saturated heterocycles. The van der Waals surface area contributed by atoms with E-state index in [1.807, 2.05) is 60.7 Å². The number of esters is 1. The highest BCUT2D eigenvalue weighted by Gasteiger charge is 2.51. The summed E-state index contributed by atoms with van der Waals surface area (Å²) in [6.45, 7) is 1.60. The average Bonchev–Trinajstić information content (AvgIpc) is 3.08. The van der Waals surface area contributed by atoms with E-state index in [9.17, 15) is 9.59 Å². The SMILES string of the molecule is COc1ccc(NC(=O)OC[C@H]2O[C@H](OC3CCCCC3)[C@H](OCc3ccccc3)[C@@H](OCc3ccccc3)[C@@H]2OC(C)=O)cc1. The molecule has 10 nitrogen and oxygen atoms in total. The zero-order valence-corrected chi connectivity index (χ0v) is 26.4. The number of rotatable bonds is 13. The number of carbonyl (C=O) groups excluding carboxylic acids is 2. The van der Waals surface area contributed by atoms with Gasteiger partial charge in [-0.2, -0.15) is 0 Å². The summed E-state index contributed by atoms with van der Waals surface area (Å²) in [7, 11) is 1.57. The Morgan fingerprint density at radius 1 is 0.783 bits per heavy atom. The van der Waals surface area contributed by atoms with Gasteiger partial charge < -0.3 is 33.2 Å². The van der Waals surface area contributed by atoms with Gasteiger partial charge in [0.2, 0.25) is 0 Å². The number of amides is 1. The monoisotopic (exact) mass is 633 g/mol. The third-order valence-corrected chi connectivity index (χ3v) is 8.06. The number of methoxy groups -OCH3 is 1. The molecule has 0 radical (unpaired) electrons. The molecule has 0 bridgehead atoms. The molecule has 0 spiro atoms. The van der Waals surface area contributed by atoms with E-state index in [1.54, 1.807) is 31.4 Å². The van der Waals surface area contributed by atoms with Crippen LogP contribution in [0.25, 0.3) is 0 Å². The number of carbonyl (C=O) groups is 2. The second-order valence-corrected chi connectivity index (χ2v) is 11.5. The summed E-state index contributed by atoms with van der Waals surface area (Å²) in [6.07, 6.45) is 0.120. The Morgan fingerprint density at radius 2 is 1.39 bits per heavy atom. The van der Waals surface area contributed by atoms with Crippen molar-refractivity contribution in [2.45, 2.75) is 89.1 Å². The molecule has 1 aliphatic heterocycles. The molecule has 1 saturated carbocycles. The number of hydrogen-bond acceptors (Lipinski definition) is 9. The Labute approximate surface area is 270 Å². The van der Waals surface area contributed by atoms with Gasteiger partial charge >= 0.3 is 12.1 Å². The van der Waals surface area contributed by atoms with Crippen LogP contribution in [0.4, 0.5) is 10.5 Å². The van der Waals surface area contributed by atoms with Crippen LogP contribution >= 0.6 is 0 Å². The van der Waals surface area contributed by atoms with Crippen LogP contribution in [0.3, 0.4) is 0 Å². The second-order valence-electron chi connectivity index (χ2n) is 11.5. The molecule has 1 amide bonds. The van der Waals surface area contributed by atoms with Gasteiger partial charge in [0.25, 0.3) is 0 Å². The molecule has 46 heavy (non-hydrogen) atoms. The van der Waals surface area contributed by atoms with Gasteiger partial charge in [-0.3, -0.25) is 10.1 Å². The van der Waals surface area contributed by atoms with Crippen molar-refractivity contribution in [3.63, 3.8) is 0 Å². The van der Waals surface area contributed by atoms with Crippen LogP contribution in [0, 0.1) is 0 Å². The van der Waals surface area contributed by atoms with E-state index in [2.05, 4.69) is 5.32 Å². The van der Waals surface area contributed by atoms with Crippen molar-refractivity contribution in [3.05, 3.63) is 96.1 Å². The van der Waals surface area contributed by atoms with Gasteiger partial charge in [-0.25, -0.2) is 4.79 Å². The predicted octanol–water partition coefficient (Wildman–Crippen LogP) is 6.42. The normalized spacial score (nSPS) is 23.3. The summed E-state index contributed by atoms with van der Waals surface area (Å²) in [5.41, 5.74) is 2.43. The van der Waals surface area contributed by atoms with Crippen LogP contribution in [0.2, 0.25) is 0 Å². The topological polar surface area (TPSA) is 111 Å². The summed E-state index contributed by atoms with van der Waals surface area (Å²) in [5.74, 6) is 0.136. The Hall–Kier alpha value is -3.96. The first-order valence-corrected chi connectivity index (χ1v) is 15.9. The summed E-state index contributed by atoms with van der Waals surface area (Å²) in [5, 5.41) is 2.70. The van der Waals surface area contributed by atoms with Crippen molar-refractivity contribution in [2.24, 2.45) is 0 Å². The molecule has 246 valence electrons. The fourth-order valence-electron chi connectivity index (χ4n) is 5.73. The fraction of sp³-hybridized carbons (Fsp3) is 0.444. The first-order chi connectivity index (χ1) is 22.5. The summed E-state index contributed by atoms with van der Waals surface area (Å²) < 4.78 is 42.8. The van der Waals surface area contributed by atoms with Crippen molar-refractivity contribution in [2.75, 3.05) is 19.0 Å². The molecule has 10 heteroatoms. The smallest absolute Gasteiger partial charge is 0.411 e. The quantitative estimate of drug-likeness (QED) is 0.213. The van der Waals surface area contributed by atoms with E-state index in [4.69, 9.17) is 33.2 Å². The summed E-state index contributed by atoms with van der Waals surface area (Å²) in [6, 6.07) is 26.4. The molecule has 1 N–H and O–H groups in total. The molecular formula is C36H43NO9. The Bertz CT molecular complexity index is 1350. The largest absolute Gasteiger partial charge is 0.497 e. The predicted molar refractivity (Wildman–Crippen MR) is 170 cm³/mol. The van der Waals surface area contributed by atoms with Gasteiger partial charge in [0.15, 0.2) is 12.4 Å². The first kappa shape index (κ1) is 33.4. The Balaban J connectivity index is 1.39. The second kappa shape index (κ2) is 17.1. The number of ether oxygens (including phenoxy) is 7. The zero-order valence-electron chi connectivity index (χ0n) is 26.4. The van der Waals surface area contributed by atoms with Gasteiger partial charge in [0.05, 0.1) is 26.4 Å². The molecule has 1 aliphatic carbocycles. The maximum absolute atomic E-state index is 12.8. The molecular weight excluding hydrogens is 590 g/mol. The first-order valence-electron chi connectivity index (χ1n) is 15.9. The van der Waals surface area contributed by atoms with Crippen molar-refractivity contribution in [1.29, 1.82) is 0 Å². The van der Waals surface area contributed by atoms with E-state index in [0.29, 0.717) is 11.4 Å². The standard InChI is InChI=1S/C36H43NO9/c1-25(38)44-32-31(24-43-36(39)37-28-18-20-29(40-2)21-19-28)46-35(45-30-16-10-5-11-17-30)34(42-23-27-14-8-4-9-15-27)33(32)41-22-26-12-6-3-7-13-26/h3-4,6-9,12-15,18-21,30-35H,5,10-11,16-17,22-24H2,1-2H3,(H,37,39)/t31-,32-,33+,34-,35+/m1/s1. The molecule has 1 heterocycles. The number of hydrogen-bond donors (Lipinski definition) is 1. The molecule has 2 fully saturated rings. The molecule has 3 aromatic rings. The minimum absolute atomic E-state index is 0.0263. The van der Waals surface area contributed by atoms with E-state index in [-0.39, 0.29) is 25.9 Å². The molecule has 5 rings (SSSR count). The molecule has 5 atom stereocenters. The van der Waals surface area contributed by atoms with E-state index < -0.39 is 42.8 Å². The molecule has 0 unspecified atom stereocenters. The van der Waals surface area contributed by atoms with Gasteiger partial charge in [-0.1, -0.05) is 79.9 Å². The van der Waals surface area contributed by atoms with Crippen LogP contribution in [0.1, 0.15) is 50.2 Å². The molecule has 3 aromatic carbocycles. The summed E-state index contributed by atoms with van der Waals surface area (Å²) >= 11 is 0. The number of nitrogens with one attached hydrogen (secondary N) is 1. The zero-order chi connectivity index (χ0) is 32.1. The summed E-state index contributed by atoms with van der Waals surface area (Å²) in [4.78, 5) is 25.3. The van der Waals surface area contributed by atoms with Crippen molar-refractivity contribution in [1.82, 2.24) is 0 Å². The molecule has 2 aliphatic rings. The van der Waals surface area contributed by atoms with Crippen LogP contribution in [0.5, 0.6) is 5.75 Å². The molecule has 0 aromatic heterocycles. The van der Waals surface area contributed by atoms with Crippen LogP contribution < -0.4 is 10.1 Å². The van der Waals surface area contributed by atoms with Crippen LogP contribution in [0.15, 0.2) is 84.9 Å². The highest BCUT2D eigenvalue weighted by molar-refractivity contribution is 5.84. The van der Waals surface area contributed by atoms with Crippen molar-refractivity contribution in [3.8, 4) is 5.75 Å². The lowest BCUT2D eigenvalue weighted by atomic mass is 9.96. The van der Waals surface area contributed by atoms with Crippen LogP contribution in [-0.4, -0.2) is 62.6 Å². The fourth-order valence-corrected chi connectivity index (χ4v) is 5.73. The Morgan fingerprint density at radius 3 is 1.98 bits per heavy atom. The highest BCUT2D eigenvalue weighted by Crippen LogP contribution is 2.33. The third kappa shape index (κ3) is 9.77. The van der Waals surface area contributed by atoms with E-state index in [1.165, 1.54) is 6.92 Å². The maximum Gasteiger partial charge on any atom is 0.411 e. The van der Waals surface area contributed by atoms with Gasteiger partial charge in [0.1, 0.15) is 30.7 Å². The number of anilines is 1. The minimum Gasteiger partial charge on any atom is -0.497 e. The minimum atomic E-state index is -0.957. The Kier molecular flexibility index (Phi) is 12.4. The van der Waals surface area contributed by atoms with E-state index >= 15 is 0 Å². The maximum atomic E-state index is 12.8. The lowest BCUT2D eigenvalue weighted by Crippen LogP contribution is -2.62. The lowest BCUT2D eigenvalue weighted by Gasteiger charge is -2.46. The third-order valence-electron chi connectivity index (χ3n) is 8.06. The van der Waals surface area contributed by atoms with Gasteiger partial charge in [-0.15, -0.1) is 0 Å². The lowest BCUT2D eigenvalue weighted by molar-refractivity contribution is -0.330. The van der Waals surface area contributed by atoms with Crippen LogP contribution in [-0.2, 0) is 46.4 Å². The van der Waals surface area contributed by atoms with E-state index in [0.717, 1.165) is 43.2 Å². The number of benzene rings is 3. The van der Waals surface area contributed by atoms with Crippen molar-refractivity contribution >= 4 is 17.7 Å². The van der Waals surface area contributed by atoms with Crippen molar-refractivity contribution < 1.29 is 42.7 Å².